The molecule has 3 aromatic rings. The molecule has 2 N–H and O–H groups in total. The van der Waals surface area contributed by atoms with Gasteiger partial charge in [0.05, 0.1) is 11.5 Å². The Kier molecular flexibility index (Phi) is 5.18. The second-order valence-corrected chi connectivity index (χ2v) is 5.52. The summed E-state index contributed by atoms with van der Waals surface area (Å²) in [6.07, 6.45) is 3.14. The van der Waals surface area contributed by atoms with E-state index in [0.717, 1.165) is 11.1 Å². The fourth-order valence-corrected chi connectivity index (χ4v) is 2.29. The van der Waals surface area contributed by atoms with Crippen molar-refractivity contribution in [1.82, 2.24) is 20.1 Å². The Hall–Kier alpha value is -3.75. The molecule has 132 valence electrons. The molecule has 0 atom stereocenters. The van der Waals surface area contributed by atoms with Crippen LogP contribution in [0.15, 0.2) is 61.2 Å². The van der Waals surface area contributed by atoms with Crippen LogP contribution in [0.2, 0.25) is 0 Å². The van der Waals surface area contributed by atoms with Crippen LogP contribution in [0.3, 0.4) is 0 Å². The molecule has 0 aliphatic heterocycles. The lowest BCUT2D eigenvalue weighted by Gasteiger charge is -2.08. The standard InChI is InChI=1S/C17H16N6O3/c24-17(21-15-5-7-16(8-6-15)23(25)26)19-9-13-1-3-14(4-2-13)10-22-12-18-11-20-22/h1-8,11-12H,9-10H2,(H2,19,21,24). The Morgan fingerprint density at radius 2 is 1.77 bits per heavy atom. The lowest BCUT2D eigenvalue weighted by Crippen LogP contribution is -2.28. The average Bonchev–Trinajstić information content (AvgIpc) is 3.15. The number of benzene rings is 2. The van der Waals surface area contributed by atoms with E-state index < -0.39 is 4.92 Å². The number of hydrogen-bond donors (Lipinski definition) is 2. The predicted molar refractivity (Wildman–Crippen MR) is 94.5 cm³/mol. The molecule has 9 heteroatoms. The van der Waals surface area contributed by atoms with E-state index in [1.807, 2.05) is 24.3 Å². The van der Waals surface area contributed by atoms with E-state index in [2.05, 4.69) is 20.7 Å². The van der Waals surface area contributed by atoms with Crippen LogP contribution in [0, 0.1) is 10.1 Å². The molecule has 1 heterocycles. The first-order valence-corrected chi connectivity index (χ1v) is 7.80. The van der Waals surface area contributed by atoms with Crippen molar-refractivity contribution < 1.29 is 9.72 Å². The van der Waals surface area contributed by atoms with Gasteiger partial charge in [0.2, 0.25) is 0 Å². The van der Waals surface area contributed by atoms with Crippen molar-refractivity contribution >= 4 is 17.4 Å². The highest BCUT2D eigenvalue weighted by Gasteiger charge is 2.06. The minimum absolute atomic E-state index is 0.0260. The summed E-state index contributed by atoms with van der Waals surface area (Å²) in [4.78, 5) is 25.9. The van der Waals surface area contributed by atoms with Crippen LogP contribution in [0.4, 0.5) is 16.2 Å². The van der Waals surface area contributed by atoms with Gasteiger partial charge in [-0.15, -0.1) is 0 Å². The van der Waals surface area contributed by atoms with Crippen LogP contribution in [0.5, 0.6) is 0 Å². The zero-order valence-electron chi connectivity index (χ0n) is 13.7. The molecule has 1 aromatic heterocycles. The van der Waals surface area contributed by atoms with Gasteiger partial charge in [0.15, 0.2) is 0 Å². The van der Waals surface area contributed by atoms with Crippen LogP contribution in [0.25, 0.3) is 0 Å². The van der Waals surface area contributed by atoms with Gasteiger partial charge in [0.25, 0.3) is 5.69 Å². The molecule has 26 heavy (non-hydrogen) atoms. The highest BCUT2D eigenvalue weighted by atomic mass is 16.6. The van der Waals surface area contributed by atoms with Crippen LogP contribution in [-0.4, -0.2) is 25.7 Å². The number of nitrogens with one attached hydrogen (secondary N) is 2. The van der Waals surface area contributed by atoms with Gasteiger partial charge in [-0.3, -0.25) is 10.1 Å². The minimum atomic E-state index is -0.490. The van der Waals surface area contributed by atoms with Crippen LogP contribution >= 0.6 is 0 Å². The number of nitro groups is 1. The third kappa shape index (κ3) is 4.63. The number of aromatic nitrogens is 3. The van der Waals surface area contributed by atoms with Crippen molar-refractivity contribution in [2.45, 2.75) is 13.1 Å². The third-order valence-corrected chi connectivity index (χ3v) is 3.62. The lowest BCUT2D eigenvalue weighted by atomic mass is 10.1. The Labute approximate surface area is 148 Å². The Morgan fingerprint density at radius 1 is 1.08 bits per heavy atom. The van der Waals surface area contributed by atoms with Gasteiger partial charge >= 0.3 is 6.03 Å². The molecule has 2 amide bonds. The summed E-state index contributed by atoms with van der Waals surface area (Å²) < 4.78 is 1.73. The number of rotatable bonds is 6. The summed E-state index contributed by atoms with van der Waals surface area (Å²) in [7, 11) is 0. The van der Waals surface area contributed by atoms with E-state index in [0.29, 0.717) is 18.8 Å². The molecule has 3 rings (SSSR count). The van der Waals surface area contributed by atoms with Crippen molar-refractivity contribution in [3.05, 3.63) is 82.4 Å². The molecule has 0 aliphatic carbocycles. The SMILES string of the molecule is O=C(NCc1ccc(Cn2cncn2)cc1)Nc1ccc([N+](=O)[O-])cc1. The number of hydrogen-bond acceptors (Lipinski definition) is 5. The minimum Gasteiger partial charge on any atom is -0.334 e. The van der Waals surface area contributed by atoms with Crippen molar-refractivity contribution in [3.8, 4) is 0 Å². The summed E-state index contributed by atoms with van der Waals surface area (Å²) in [5.41, 5.74) is 2.49. The molecule has 0 aliphatic rings. The molecule has 0 fully saturated rings. The summed E-state index contributed by atoms with van der Waals surface area (Å²) in [5, 5.41) is 20.0. The number of nitrogens with zero attached hydrogens (tertiary/aromatic N) is 4. The van der Waals surface area contributed by atoms with Crippen molar-refractivity contribution in [2.24, 2.45) is 0 Å². The lowest BCUT2D eigenvalue weighted by molar-refractivity contribution is -0.384. The number of nitro benzene ring substituents is 1. The highest BCUT2D eigenvalue weighted by Crippen LogP contribution is 2.15. The number of carbonyl (C=O) groups excluding carboxylic acids is 1. The largest absolute Gasteiger partial charge is 0.334 e. The van der Waals surface area contributed by atoms with Crippen molar-refractivity contribution in [2.75, 3.05) is 5.32 Å². The molecule has 0 saturated heterocycles. The second-order valence-electron chi connectivity index (χ2n) is 5.52. The second kappa shape index (κ2) is 7.88. The maximum Gasteiger partial charge on any atom is 0.319 e. The smallest absolute Gasteiger partial charge is 0.319 e. The first-order chi connectivity index (χ1) is 12.6. The van der Waals surface area contributed by atoms with E-state index >= 15 is 0 Å². The van der Waals surface area contributed by atoms with Crippen LogP contribution in [-0.2, 0) is 13.1 Å². The molecule has 0 spiro atoms. The van der Waals surface area contributed by atoms with E-state index in [1.165, 1.54) is 30.6 Å². The molecule has 0 radical (unpaired) electrons. The normalized spacial score (nSPS) is 10.3. The van der Waals surface area contributed by atoms with Crippen LogP contribution < -0.4 is 10.6 Å². The Bertz CT molecular complexity index is 876. The summed E-state index contributed by atoms with van der Waals surface area (Å²) in [5.74, 6) is 0. The summed E-state index contributed by atoms with van der Waals surface area (Å²) in [6, 6.07) is 13.0. The first kappa shape index (κ1) is 17.1. The molecular weight excluding hydrogens is 336 g/mol. The zero-order chi connectivity index (χ0) is 18.4. The quantitative estimate of drug-likeness (QED) is 0.522. The maximum absolute atomic E-state index is 11.9. The molecular formula is C17H16N6O3. The van der Waals surface area contributed by atoms with Gasteiger partial charge in [0.1, 0.15) is 12.7 Å². The highest BCUT2D eigenvalue weighted by molar-refractivity contribution is 5.89. The topological polar surface area (TPSA) is 115 Å². The van der Waals surface area contributed by atoms with Gasteiger partial charge < -0.3 is 10.6 Å². The summed E-state index contributed by atoms with van der Waals surface area (Å²) >= 11 is 0. The molecule has 2 aromatic carbocycles. The number of amides is 2. The number of anilines is 1. The van der Waals surface area contributed by atoms with Gasteiger partial charge in [-0.2, -0.15) is 5.10 Å². The predicted octanol–water partition coefficient (Wildman–Crippen LogP) is 2.56. The van der Waals surface area contributed by atoms with Gasteiger partial charge in [-0.25, -0.2) is 14.5 Å². The zero-order valence-corrected chi connectivity index (χ0v) is 13.7. The monoisotopic (exact) mass is 352 g/mol. The number of urea groups is 1. The number of carbonyl (C=O) groups is 1. The summed E-state index contributed by atoms with van der Waals surface area (Å²) in [6.45, 7) is 0.997. The van der Waals surface area contributed by atoms with Gasteiger partial charge in [-0.1, -0.05) is 24.3 Å². The fraction of sp³-hybridized carbons (Fsp3) is 0.118. The number of non-ortho nitro benzene ring substituents is 1. The van der Waals surface area contributed by atoms with Gasteiger partial charge in [0, 0.05) is 24.4 Å². The maximum atomic E-state index is 11.9. The van der Waals surface area contributed by atoms with E-state index in [1.54, 1.807) is 11.0 Å². The Morgan fingerprint density at radius 3 is 2.38 bits per heavy atom. The van der Waals surface area contributed by atoms with E-state index in [9.17, 15) is 14.9 Å². The third-order valence-electron chi connectivity index (χ3n) is 3.62. The molecule has 0 bridgehead atoms. The van der Waals surface area contributed by atoms with Gasteiger partial charge in [-0.05, 0) is 23.3 Å². The fourth-order valence-electron chi connectivity index (χ4n) is 2.29. The average molecular weight is 352 g/mol. The first-order valence-electron chi connectivity index (χ1n) is 7.80. The Balaban J connectivity index is 1.48. The molecule has 9 nitrogen and oxygen atoms in total. The van der Waals surface area contributed by atoms with Crippen molar-refractivity contribution in [3.63, 3.8) is 0 Å². The molecule has 0 saturated carbocycles. The molecule has 0 unspecified atom stereocenters. The van der Waals surface area contributed by atoms with Crippen molar-refractivity contribution in [1.29, 1.82) is 0 Å². The van der Waals surface area contributed by atoms with E-state index in [4.69, 9.17) is 0 Å². The van der Waals surface area contributed by atoms with E-state index in [-0.39, 0.29) is 11.7 Å². The van der Waals surface area contributed by atoms with Crippen LogP contribution in [0.1, 0.15) is 11.1 Å².